The zero-order valence-corrected chi connectivity index (χ0v) is 33.3. The number of benzene rings is 4. The predicted octanol–water partition coefficient (Wildman–Crippen LogP) is 9.27. The van der Waals surface area contributed by atoms with E-state index in [-0.39, 0.29) is 12.2 Å². The molecule has 1 N–H and O–H groups in total. The van der Waals surface area contributed by atoms with Crippen molar-refractivity contribution in [3.8, 4) is 45.0 Å². The first-order valence-electron chi connectivity index (χ1n) is 20.3. The molecule has 2 aliphatic heterocycles. The lowest BCUT2D eigenvalue weighted by Gasteiger charge is -2.40. The van der Waals surface area contributed by atoms with Crippen LogP contribution in [-0.4, -0.2) is 87.2 Å². The Kier molecular flexibility index (Phi) is 12.0. The molecule has 2 fully saturated rings. The van der Waals surface area contributed by atoms with E-state index >= 15 is 0 Å². The van der Waals surface area contributed by atoms with Crippen LogP contribution in [0.3, 0.4) is 0 Å². The van der Waals surface area contributed by atoms with E-state index in [0.29, 0.717) is 70.5 Å². The fourth-order valence-corrected chi connectivity index (χ4v) is 7.32. The number of hydrogen-bond acceptors (Lipinski definition) is 10. The minimum absolute atomic E-state index is 0.185. The van der Waals surface area contributed by atoms with Gasteiger partial charge in [-0.3, -0.25) is 14.4 Å². The number of rotatable bonds is 8. The highest BCUT2D eigenvalue weighted by Gasteiger charge is 2.31. The van der Waals surface area contributed by atoms with E-state index < -0.39 is 30.4 Å². The number of alkyl halides is 1. The maximum Gasteiger partial charge on any atom is 0.163 e. The monoisotopic (exact) mass is 843 g/mol. The molecule has 62 heavy (non-hydrogen) atoms. The molecule has 314 valence electrons. The number of pyridine rings is 2. The van der Waals surface area contributed by atoms with Crippen molar-refractivity contribution in [2.45, 2.75) is 19.1 Å². The number of aliphatic hydroxyl groups is 1. The van der Waals surface area contributed by atoms with Crippen molar-refractivity contribution in [1.29, 1.82) is 0 Å². The summed E-state index contributed by atoms with van der Waals surface area (Å²) in [5.74, 6) is 0.113. The third kappa shape index (κ3) is 8.76. The normalized spacial score (nSPS) is 14.0. The molecule has 0 spiro atoms. The van der Waals surface area contributed by atoms with E-state index in [2.05, 4.69) is 19.9 Å². The average molecular weight is 844 g/mol. The Morgan fingerprint density at radius 1 is 0.629 bits per heavy atom. The molecule has 2 saturated heterocycles. The third-order valence-corrected chi connectivity index (χ3v) is 10.4. The second-order valence-corrected chi connectivity index (χ2v) is 14.5. The molecule has 0 saturated carbocycles. The highest BCUT2D eigenvalue weighted by Crippen LogP contribution is 2.36. The van der Waals surface area contributed by atoms with E-state index in [1.54, 1.807) is 43.0 Å². The maximum absolute atomic E-state index is 14.4. The minimum atomic E-state index is -1.00. The van der Waals surface area contributed by atoms with Crippen LogP contribution < -0.4 is 9.80 Å². The van der Waals surface area contributed by atoms with Crippen LogP contribution in [0.15, 0.2) is 122 Å². The first-order valence-corrected chi connectivity index (χ1v) is 19.6. The number of nitrogens with zero attached hydrogens (tertiary/aromatic N) is 8. The van der Waals surface area contributed by atoms with Crippen molar-refractivity contribution in [2.75, 3.05) is 49.7 Å². The average Bonchev–Trinajstić information content (AvgIpc) is 3.26. The Hall–Kier alpha value is -6.97. The summed E-state index contributed by atoms with van der Waals surface area (Å²) in [6.07, 6.45) is 6.57. The Labute approximate surface area is 354 Å². The van der Waals surface area contributed by atoms with Gasteiger partial charge in [-0.25, -0.2) is 37.5 Å². The highest BCUT2D eigenvalue weighted by molar-refractivity contribution is 5.95. The standard InChI is InChI=1S/C24H20F2N4O.C22H16F2N4O.CH3F/c1-2-31-18-13-30(14-18)24-20-7-5-15(19-8-6-17(25)11-21(19)26)10-22(20)28-23(29-24)16-4-3-9-27-12-16;23-15-4-6-17(19(24)9-15)13-3-5-18-20(8-13)26-21(14-2-1-7-25-10-14)27-22(18)28-11-16(29)12-28;1-2/h3-12,18H,2,13-14H2,1H3;1-10,16,29H,11-12H2;1H3/i;;1D. The highest BCUT2D eigenvalue weighted by atomic mass is 19.1. The molecule has 6 heterocycles. The van der Waals surface area contributed by atoms with Crippen molar-refractivity contribution < 1.29 is 33.2 Å². The molecule has 0 aliphatic carbocycles. The van der Waals surface area contributed by atoms with Gasteiger partial charge >= 0.3 is 0 Å². The van der Waals surface area contributed by atoms with Gasteiger partial charge in [-0.1, -0.05) is 12.1 Å². The van der Waals surface area contributed by atoms with Crippen LogP contribution in [0.25, 0.3) is 66.8 Å². The zero-order valence-electron chi connectivity index (χ0n) is 34.3. The van der Waals surface area contributed by atoms with Crippen molar-refractivity contribution in [3.63, 3.8) is 0 Å². The van der Waals surface area contributed by atoms with Crippen LogP contribution in [0.4, 0.5) is 33.6 Å². The summed E-state index contributed by atoms with van der Waals surface area (Å²) in [7, 11) is -1.00. The summed E-state index contributed by atoms with van der Waals surface area (Å²) < 4.78 is 76.5. The molecule has 10 rings (SSSR count). The second-order valence-electron chi connectivity index (χ2n) is 14.5. The number of ether oxygens (including phenoxy) is 1. The van der Waals surface area contributed by atoms with Gasteiger partial charge in [0, 0.05) is 103 Å². The number of aliphatic hydroxyl groups excluding tert-OH is 1. The van der Waals surface area contributed by atoms with Gasteiger partial charge in [-0.15, -0.1) is 0 Å². The lowest BCUT2D eigenvalue weighted by atomic mass is 10.0. The number of fused-ring (bicyclic) bond motifs is 2. The van der Waals surface area contributed by atoms with Crippen LogP contribution in [0.2, 0.25) is 0 Å². The zero-order chi connectivity index (χ0) is 44.0. The summed E-state index contributed by atoms with van der Waals surface area (Å²) in [6.45, 7) is 5.15. The summed E-state index contributed by atoms with van der Waals surface area (Å²) in [5, 5.41) is 11.4. The fraction of sp³-hybridized carbons (Fsp3) is 0.191. The Morgan fingerprint density at radius 3 is 1.50 bits per heavy atom. The molecule has 4 aromatic carbocycles. The molecule has 0 unspecified atom stereocenters. The summed E-state index contributed by atoms with van der Waals surface area (Å²) in [4.78, 5) is 31.3. The summed E-state index contributed by atoms with van der Waals surface area (Å²) >= 11 is 0. The topological polar surface area (TPSA) is 113 Å². The summed E-state index contributed by atoms with van der Waals surface area (Å²) in [6, 6.07) is 25.4. The van der Waals surface area contributed by atoms with Gasteiger partial charge in [0.05, 0.1) is 31.8 Å². The van der Waals surface area contributed by atoms with Crippen molar-refractivity contribution >= 4 is 33.4 Å². The maximum atomic E-state index is 14.4. The predicted molar refractivity (Wildman–Crippen MR) is 229 cm³/mol. The van der Waals surface area contributed by atoms with Gasteiger partial charge in [-0.2, -0.15) is 0 Å². The van der Waals surface area contributed by atoms with E-state index in [1.165, 1.54) is 24.3 Å². The third-order valence-electron chi connectivity index (χ3n) is 10.4. The van der Waals surface area contributed by atoms with Gasteiger partial charge in [0.25, 0.3) is 0 Å². The van der Waals surface area contributed by atoms with Crippen molar-refractivity contribution in [3.05, 3.63) is 145 Å². The van der Waals surface area contributed by atoms with Gasteiger partial charge in [0.1, 0.15) is 34.9 Å². The smallest absolute Gasteiger partial charge is 0.163 e. The molecule has 0 bridgehead atoms. The van der Waals surface area contributed by atoms with E-state index in [1.807, 2.05) is 54.3 Å². The molecule has 15 heteroatoms. The largest absolute Gasteiger partial charge is 0.389 e. The first-order chi connectivity index (χ1) is 30.6. The number of aromatic nitrogens is 6. The van der Waals surface area contributed by atoms with E-state index in [9.17, 15) is 27.1 Å². The molecular weight excluding hydrogens is 804 g/mol. The van der Waals surface area contributed by atoms with Crippen molar-refractivity contribution in [1.82, 2.24) is 29.9 Å². The number of β-amino-alcohol motifs (C(OH)–C–C–N with tert-alkyl or cyclic N) is 1. The number of halogens is 5. The number of anilines is 2. The van der Waals surface area contributed by atoms with E-state index in [0.717, 1.165) is 52.9 Å². The molecule has 4 aromatic heterocycles. The first kappa shape index (κ1) is 40.4. The van der Waals surface area contributed by atoms with Crippen LogP contribution in [0.5, 0.6) is 0 Å². The van der Waals surface area contributed by atoms with Gasteiger partial charge in [0.2, 0.25) is 0 Å². The fourth-order valence-electron chi connectivity index (χ4n) is 7.32. The minimum Gasteiger partial charge on any atom is -0.389 e. The van der Waals surface area contributed by atoms with Crippen LogP contribution in [-0.2, 0) is 4.74 Å². The van der Waals surface area contributed by atoms with Crippen LogP contribution >= 0.6 is 0 Å². The molecule has 0 amide bonds. The van der Waals surface area contributed by atoms with Crippen LogP contribution in [0.1, 0.15) is 8.29 Å². The SMILES string of the molecule is CCOC1CN(c2nc(-c3cccnc3)nc3cc(-c4ccc(F)cc4F)ccc23)C1.OC1CN(c2nc(-c3cccnc3)nc3cc(-c4ccc(F)cc4F)ccc23)C1.[2H]CF. The molecule has 0 radical (unpaired) electrons. The second kappa shape index (κ2) is 18.3. The van der Waals surface area contributed by atoms with Gasteiger partial charge in [0.15, 0.2) is 11.6 Å². The Morgan fingerprint density at radius 2 is 1.10 bits per heavy atom. The summed E-state index contributed by atoms with van der Waals surface area (Å²) in [5.41, 5.74) is 4.73. The molecular formula is C47H39F5N8O2. The van der Waals surface area contributed by atoms with Crippen molar-refractivity contribution in [2.24, 2.45) is 0 Å². The lowest BCUT2D eigenvalue weighted by molar-refractivity contribution is 0.0428. The van der Waals surface area contributed by atoms with Gasteiger partial charge in [-0.05, 0) is 90.8 Å². The Bertz CT molecular complexity index is 2870. The molecule has 10 nitrogen and oxygen atoms in total. The molecule has 2 aliphatic rings. The van der Waals surface area contributed by atoms with E-state index in [4.69, 9.17) is 21.1 Å². The lowest BCUT2D eigenvalue weighted by Crippen LogP contribution is -2.52. The number of hydrogen-bond donors (Lipinski definition) is 1. The van der Waals surface area contributed by atoms with Crippen LogP contribution in [0, 0.1) is 23.3 Å². The molecule has 0 atom stereocenters. The van der Waals surface area contributed by atoms with Gasteiger partial charge < -0.3 is 19.6 Å². The molecule has 8 aromatic rings. The Balaban J connectivity index is 0.000000163. The quantitative estimate of drug-likeness (QED) is 0.149.